The lowest BCUT2D eigenvalue weighted by Gasteiger charge is -2.18. The highest BCUT2D eigenvalue weighted by Gasteiger charge is 2.08. The summed E-state index contributed by atoms with van der Waals surface area (Å²) in [6.07, 6.45) is 1.53. The summed E-state index contributed by atoms with van der Waals surface area (Å²) < 4.78 is 0. The molecule has 0 aliphatic carbocycles. The fraction of sp³-hybridized carbons (Fsp3) is 0.818. The Labute approximate surface area is 110 Å². The van der Waals surface area contributed by atoms with Gasteiger partial charge in [0, 0.05) is 39.0 Å². The lowest BCUT2D eigenvalue weighted by molar-refractivity contribution is -0.131. The van der Waals surface area contributed by atoms with Gasteiger partial charge in [-0.15, -0.1) is 12.4 Å². The normalized spacial score (nSPS) is 9.35. The van der Waals surface area contributed by atoms with Crippen molar-refractivity contribution in [1.82, 2.24) is 10.2 Å². The predicted molar refractivity (Wildman–Crippen MR) is 71.1 cm³/mol. The molecule has 0 bridgehead atoms. The fourth-order valence-corrected chi connectivity index (χ4v) is 1.42. The molecule has 102 valence electrons. The average molecular weight is 266 g/mol. The number of halogens is 1. The third-order valence-electron chi connectivity index (χ3n) is 2.38. The third kappa shape index (κ3) is 8.94. The van der Waals surface area contributed by atoms with Crippen LogP contribution in [0.1, 0.15) is 33.1 Å². The van der Waals surface area contributed by atoms with Gasteiger partial charge in [-0.3, -0.25) is 9.59 Å². The zero-order chi connectivity index (χ0) is 12.4. The summed E-state index contributed by atoms with van der Waals surface area (Å²) in [5.41, 5.74) is 5.24. The van der Waals surface area contributed by atoms with Crippen LogP contribution in [0.15, 0.2) is 0 Å². The number of hydrogen-bond donors (Lipinski definition) is 2. The molecule has 0 fully saturated rings. The van der Waals surface area contributed by atoms with Gasteiger partial charge in [-0.05, 0) is 20.3 Å². The highest BCUT2D eigenvalue weighted by Crippen LogP contribution is 1.96. The van der Waals surface area contributed by atoms with E-state index in [1.165, 1.54) is 0 Å². The number of hydrogen-bond acceptors (Lipinski definition) is 3. The molecule has 17 heavy (non-hydrogen) atoms. The Balaban J connectivity index is 0. The molecule has 0 atom stereocenters. The van der Waals surface area contributed by atoms with Gasteiger partial charge in [0.25, 0.3) is 0 Å². The monoisotopic (exact) mass is 265 g/mol. The Morgan fingerprint density at radius 3 is 2.24 bits per heavy atom. The summed E-state index contributed by atoms with van der Waals surface area (Å²) >= 11 is 0. The second kappa shape index (κ2) is 11.7. The largest absolute Gasteiger partial charge is 0.356 e. The average Bonchev–Trinajstić information content (AvgIpc) is 2.26. The highest BCUT2D eigenvalue weighted by molar-refractivity contribution is 5.85. The van der Waals surface area contributed by atoms with Crippen LogP contribution in [-0.2, 0) is 9.59 Å². The maximum atomic E-state index is 11.6. The van der Waals surface area contributed by atoms with Crippen LogP contribution in [0.2, 0.25) is 0 Å². The van der Waals surface area contributed by atoms with Crippen molar-refractivity contribution in [2.24, 2.45) is 5.73 Å². The molecule has 5 nitrogen and oxygen atoms in total. The van der Waals surface area contributed by atoms with Crippen LogP contribution in [0.3, 0.4) is 0 Å². The standard InChI is InChI=1S/C11H23N3O2.ClH/c1-3-14(4-2)11(16)6-5-9-13-10(15)7-8-12;/h3-9,12H2,1-2H3,(H,13,15);1H. The Morgan fingerprint density at radius 2 is 1.76 bits per heavy atom. The van der Waals surface area contributed by atoms with E-state index in [1.807, 2.05) is 13.8 Å². The van der Waals surface area contributed by atoms with Crippen molar-refractivity contribution in [2.45, 2.75) is 33.1 Å². The van der Waals surface area contributed by atoms with E-state index in [0.29, 0.717) is 32.4 Å². The van der Waals surface area contributed by atoms with Crippen LogP contribution in [0.25, 0.3) is 0 Å². The summed E-state index contributed by atoms with van der Waals surface area (Å²) in [5, 5.41) is 2.72. The van der Waals surface area contributed by atoms with Crippen molar-refractivity contribution in [3.8, 4) is 0 Å². The van der Waals surface area contributed by atoms with E-state index < -0.39 is 0 Å². The quantitative estimate of drug-likeness (QED) is 0.629. The number of nitrogens with zero attached hydrogens (tertiary/aromatic N) is 1. The molecule has 0 aromatic heterocycles. The van der Waals surface area contributed by atoms with Gasteiger partial charge in [0.1, 0.15) is 0 Å². The van der Waals surface area contributed by atoms with Crippen LogP contribution in [0, 0.1) is 0 Å². The molecule has 0 heterocycles. The van der Waals surface area contributed by atoms with Crippen LogP contribution < -0.4 is 11.1 Å². The molecule has 0 aromatic carbocycles. The van der Waals surface area contributed by atoms with Crippen molar-refractivity contribution in [1.29, 1.82) is 0 Å². The molecule has 6 heteroatoms. The van der Waals surface area contributed by atoms with Crippen molar-refractivity contribution in [2.75, 3.05) is 26.2 Å². The number of carbonyl (C=O) groups is 2. The third-order valence-corrected chi connectivity index (χ3v) is 2.38. The van der Waals surface area contributed by atoms with Gasteiger partial charge in [0.2, 0.25) is 11.8 Å². The molecular formula is C11H24ClN3O2. The van der Waals surface area contributed by atoms with Crippen molar-refractivity contribution >= 4 is 24.2 Å². The van der Waals surface area contributed by atoms with Crippen molar-refractivity contribution in [3.63, 3.8) is 0 Å². The van der Waals surface area contributed by atoms with Crippen LogP contribution in [0.4, 0.5) is 0 Å². The van der Waals surface area contributed by atoms with E-state index in [4.69, 9.17) is 5.73 Å². The smallest absolute Gasteiger partial charge is 0.222 e. The maximum Gasteiger partial charge on any atom is 0.222 e. The second-order valence-electron chi connectivity index (χ2n) is 3.56. The van der Waals surface area contributed by atoms with E-state index in [0.717, 1.165) is 13.1 Å². The summed E-state index contributed by atoms with van der Waals surface area (Å²) in [6.45, 7) is 6.33. The van der Waals surface area contributed by atoms with Gasteiger partial charge in [0.05, 0.1) is 0 Å². The van der Waals surface area contributed by atoms with Crippen molar-refractivity contribution < 1.29 is 9.59 Å². The SMILES string of the molecule is CCN(CC)C(=O)CCCNC(=O)CCN.Cl. The number of carbonyl (C=O) groups excluding carboxylic acids is 2. The van der Waals surface area contributed by atoms with Gasteiger partial charge in [-0.1, -0.05) is 0 Å². The lowest BCUT2D eigenvalue weighted by Crippen LogP contribution is -2.32. The Hall–Kier alpha value is -0.810. The Kier molecular flexibility index (Phi) is 12.7. The predicted octanol–water partition coefficient (Wildman–Crippen LogP) is 0.522. The number of nitrogens with one attached hydrogen (secondary N) is 1. The van der Waals surface area contributed by atoms with Gasteiger partial charge in [-0.25, -0.2) is 0 Å². The molecule has 0 aliphatic heterocycles. The lowest BCUT2D eigenvalue weighted by atomic mass is 10.2. The Bertz CT molecular complexity index is 221. The van der Waals surface area contributed by atoms with Gasteiger partial charge in [0.15, 0.2) is 0 Å². The van der Waals surface area contributed by atoms with E-state index in [9.17, 15) is 9.59 Å². The summed E-state index contributed by atoms with van der Waals surface area (Å²) in [6, 6.07) is 0. The molecule has 2 amide bonds. The molecule has 0 aliphatic rings. The molecule has 0 radical (unpaired) electrons. The first-order valence-electron chi connectivity index (χ1n) is 5.90. The molecule has 0 unspecified atom stereocenters. The minimum Gasteiger partial charge on any atom is -0.356 e. The summed E-state index contributed by atoms with van der Waals surface area (Å²) in [5.74, 6) is 0.107. The molecular weight excluding hydrogens is 242 g/mol. The van der Waals surface area contributed by atoms with Crippen LogP contribution in [0.5, 0.6) is 0 Å². The molecule has 0 saturated heterocycles. The summed E-state index contributed by atoms with van der Waals surface area (Å²) in [4.78, 5) is 24.4. The minimum absolute atomic E-state index is 0. The second-order valence-corrected chi connectivity index (χ2v) is 3.56. The van der Waals surface area contributed by atoms with Gasteiger partial charge >= 0.3 is 0 Å². The summed E-state index contributed by atoms with van der Waals surface area (Å²) in [7, 11) is 0. The maximum absolute atomic E-state index is 11.6. The molecule has 0 rings (SSSR count). The van der Waals surface area contributed by atoms with E-state index >= 15 is 0 Å². The van der Waals surface area contributed by atoms with Crippen LogP contribution >= 0.6 is 12.4 Å². The minimum atomic E-state index is -0.0437. The molecule has 0 saturated carbocycles. The van der Waals surface area contributed by atoms with E-state index in [1.54, 1.807) is 4.90 Å². The fourth-order valence-electron chi connectivity index (χ4n) is 1.42. The first-order chi connectivity index (χ1) is 7.65. The van der Waals surface area contributed by atoms with Crippen molar-refractivity contribution in [3.05, 3.63) is 0 Å². The van der Waals surface area contributed by atoms with E-state index in [-0.39, 0.29) is 24.2 Å². The topological polar surface area (TPSA) is 75.4 Å². The number of nitrogens with two attached hydrogens (primary N) is 1. The molecule has 3 N–H and O–H groups in total. The highest BCUT2D eigenvalue weighted by atomic mass is 35.5. The first-order valence-corrected chi connectivity index (χ1v) is 5.90. The zero-order valence-electron chi connectivity index (χ0n) is 10.7. The number of rotatable bonds is 8. The van der Waals surface area contributed by atoms with Crippen LogP contribution in [-0.4, -0.2) is 42.9 Å². The van der Waals surface area contributed by atoms with E-state index in [2.05, 4.69) is 5.32 Å². The molecule has 0 spiro atoms. The van der Waals surface area contributed by atoms with Gasteiger partial charge < -0.3 is 16.0 Å². The number of amides is 2. The first kappa shape index (κ1) is 18.6. The zero-order valence-corrected chi connectivity index (χ0v) is 11.5. The van der Waals surface area contributed by atoms with Gasteiger partial charge in [-0.2, -0.15) is 0 Å². The molecule has 0 aromatic rings. The Morgan fingerprint density at radius 1 is 1.18 bits per heavy atom.